The fourth-order valence-electron chi connectivity index (χ4n) is 1.07. The molecule has 0 aliphatic rings. The van der Waals surface area contributed by atoms with E-state index in [4.69, 9.17) is 14.0 Å². The zero-order valence-electron chi connectivity index (χ0n) is 9.24. The molecule has 0 aliphatic heterocycles. The quantitative estimate of drug-likeness (QED) is 0.686. The molecule has 0 aliphatic carbocycles. The van der Waals surface area contributed by atoms with Crippen LogP contribution in [0.15, 0.2) is 0 Å². The van der Waals surface area contributed by atoms with Crippen LogP contribution < -0.4 is 0 Å². The maximum absolute atomic E-state index is 10.8. The second-order valence-electron chi connectivity index (χ2n) is 3.25. The summed E-state index contributed by atoms with van der Waals surface area (Å²) in [5.74, 6) is 0. The molecule has 0 spiro atoms. The van der Waals surface area contributed by atoms with Crippen molar-refractivity contribution < 1.29 is 18.8 Å². The summed E-state index contributed by atoms with van der Waals surface area (Å²) in [5.41, 5.74) is 0. The molecule has 0 saturated heterocycles. The van der Waals surface area contributed by atoms with Gasteiger partial charge in [0.15, 0.2) is 0 Å². The van der Waals surface area contributed by atoms with Gasteiger partial charge in [0.2, 0.25) is 0 Å². The van der Waals surface area contributed by atoms with Crippen molar-refractivity contribution in [3.05, 3.63) is 0 Å². The molecule has 0 aromatic rings. The average Bonchev–Trinajstić information content (AvgIpc) is 2.17. The van der Waals surface area contributed by atoms with Gasteiger partial charge in [-0.05, 0) is 13.0 Å². The molecule has 0 bridgehead atoms. The lowest BCUT2D eigenvalue weighted by Crippen LogP contribution is -2.50. The predicted molar refractivity (Wildman–Crippen MR) is 55.5 cm³/mol. The Morgan fingerprint density at radius 1 is 1.43 bits per heavy atom. The van der Waals surface area contributed by atoms with Crippen LogP contribution in [-0.4, -0.2) is 51.6 Å². The van der Waals surface area contributed by atoms with Crippen molar-refractivity contribution >= 4 is 14.7 Å². The summed E-state index contributed by atoms with van der Waals surface area (Å²) in [5, 5.41) is 8.90. The Labute approximate surface area is 85.9 Å². The van der Waals surface area contributed by atoms with E-state index >= 15 is 0 Å². The highest BCUT2D eigenvalue weighted by atomic mass is 28.4. The van der Waals surface area contributed by atoms with Crippen molar-refractivity contribution in [3.63, 3.8) is 0 Å². The van der Waals surface area contributed by atoms with Gasteiger partial charge in [-0.2, -0.15) is 0 Å². The number of hydrogen-bond donors (Lipinski definition) is 1. The summed E-state index contributed by atoms with van der Waals surface area (Å²) in [7, 11) is 0.799. The number of carboxylic acid groups (broad SMARTS) is 1. The van der Waals surface area contributed by atoms with Crippen molar-refractivity contribution in [1.82, 2.24) is 4.90 Å². The molecule has 0 aromatic carbocycles. The highest BCUT2D eigenvalue weighted by Crippen LogP contribution is 2.07. The van der Waals surface area contributed by atoms with Gasteiger partial charge in [-0.3, -0.25) is 0 Å². The lowest BCUT2D eigenvalue weighted by molar-refractivity contribution is 0.142. The lowest BCUT2D eigenvalue weighted by atomic mass is 10.5. The topological polar surface area (TPSA) is 59.0 Å². The zero-order chi connectivity index (χ0) is 11.2. The van der Waals surface area contributed by atoms with Gasteiger partial charge in [-0.15, -0.1) is 0 Å². The zero-order valence-corrected chi connectivity index (χ0v) is 10.2. The van der Waals surface area contributed by atoms with Crippen molar-refractivity contribution in [2.45, 2.75) is 19.9 Å². The van der Waals surface area contributed by atoms with Crippen LogP contribution >= 0.6 is 0 Å². The molecule has 1 amide bonds. The molecular formula is C8H19NO4Si. The summed E-state index contributed by atoms with van der Waals surface area (Å²) in [4.78, 5) is 12.2. The third-order valence-corrected chi connectivity index (χ3v) is 4.79. The third-order valence-electron chi connectivity index (χ3n) is 2.11. The monoisotopic (exact) mass is 221 g/mol. The molecule has 0 rings (SSSR count). The first-order valence-electron chi connectivity index (χ1n) is 4.57. The van der Waals surface area contributed by atoms with E-state index in [-0.39, 0.29) is 0 Å². The van der Waals surface area contributed by atoms with Crippen LogP contribution in [-0.2, 0) is 8.85 Å². The SMILES string of the molecule is CCCN(C[Si](C)(OC)OC)C(=O)O. The summed E-state index contributed by atoms with van der Waals surface area (Å²) in [6, 6.07) is 0. The van der Waals surface area contributed by atoms with Crippen LogP contribution in [0.5, 0.6) is 0 Å². The Morgan fingerprint density at radius 3 is 2.21 bits per heavy atom. The third kappa shape index (κ3) is 4.08. The number of carbonyl (C=O) groups is 1. The second-order valence-corrected chi connectivity index (χ2v) is 6.65. The standard InChI is InChI=1S/C8H19NO4Si/c1-5-6-9(8(10)11)7-14(4,12-2)13-3/h5-7H2,1-4H3,(H,10,11). The number of nitrogens with zero attached hydrogens (tertiary/aromatic N) is 1. The van der Waals surface area contributed by atoms with E-state index in [1.54, 1.807) is 14.2 Å². The summed E-state index contributed by atoms with van der Waals surface area (Å²) < 4.78 is 10.5. The minimum absolute atomic E-state index is 0.350. The number of amides is 1. The molecule has 0 unspecified atom stereocenters. The molecule has 5 nitrogen and oxygen atoms in total. The molecule has 84 valence electrons. The Hall–Kier alpha value is -0.593. The number of hydrogen-bond acceptors (Lipinski definition) is 3. The van der Waals surface area contributed by atoms with E-state index in [0.717, 1.165) is 6.42 Å². The van der Waals surface area contributed by atoms with Crippen molar-refractivity contribution in [2.75, 3.05) is 26.9 Å². The largest absolute Gasteiger partial charge is 0.465 e. The van der Waals surface area contributed by atoms with E-state index in [0.29, 0.717) is 12.7 Å². The normalized spacial score (nSPS) is 11.4. The van der Waals surface area contributed by atoms with Gasteiger partial charge in [0.1, 0.15) is 0 Å². The molecule has 0 aromatic heterocycles. The molecule has 0 atom stereocenters. The Bertz CT molecular complexity index is 184. The van der Waals surface area contributed by atoms with Crippen molar-refractivity contribution in [2.24, 2.45) is 0 Å². The van der Waals surface area contributed by atoms with Crippen LogP contribution in [0.3, 0.4) is 0 Å². The Balaban J connectivity index is 4.33. The van der Waals surface area contributed by atoms with Gasteiger partial charge in [-0.1, -0.05) is 6.92 Å². The van der Waals surface area contributed by atoms with Crippen molar-refractivity contribution in [3.8, 4) is 0 Å². The molecular weight excluding hydrogens is 202 g/mol. The van der Waals surface area contributed by atoms with Crippen LogP contribution in [0.4, 0.5) is 4.79 Å². The van der Waals surface area contributed by atoms with E-state index in [1.165, 1.54) is 4.90 Å². The second kappa shape index (κ2) is 6.00. The molecule has 0 fully saturated rings. The van der Waals surface area contributed by atoms with E-state index in [2.05, 4.69) is 0 Å². The molecule has 1 N–H and O–H groups in total. The van der Waals surface area contributed by atoms with Crippen LogP contribution in [0.2, 0.25) is 6.55 Å². The van der Waals surface area contributed by atoms with Crippen LogP contribution in [0, 0.1) is 0 Å². The molecule has 14 heavy (non-hydrogen) atoms. The van der Waals surface area contributed by atoms with Gasteiger partial charge in [0, 0.05) is 20.8 Å². The summed E-state index contributed by atoms with van der Waals surface area (Å²) in [6.07, 6.45) is 0.229. The molecule has 0 heterocycles. The van der Waals surface area contributed by atoms with E-state index in [1.807, 2.05) is 13.5 Å². The van der Waals surface area contributed by atoms with Crippen LogP contribution in [0.1, 0.15) is 13.3 Å². The molecule has 0 saturated carbocycles. The van der Waals surface area contributed by atoms with Crippen molar-refractivity contribution in [1.29, 1.82) is 0 Å². The highest BCUT2D eigenvalue weighted by Gasteiger charge is 2.33. The summed E-state index contributed by atoms with van der Waals surface area (Å²) >= 11 is 0. The first kappa shape index (κ1) is 13.4. The van der Waals surface area contributed by atoms with E-state index < -0.39 is 14.7 Å². The highest BCUT2D eigenvalue weighted by molar-refractivity contribution is 6.66. The van der Waals surface area contributed by atoms with Gasteiger partial charge in [0.05, 0.1) is 6.17 Å². The fourth-order valence-corrected chi connectivity index (χ4v) is 2.48. The number of rotatable bonds is 6. The fraction of sp³-hybridized carbons (Fsp3) is 0.875. The maximum atomic E-state index is 10.8. The minimum Gasteiger partial charge on any atom is -0.465 e. The van der Waals surface area contributed by atoms with Crippen LogP contribution in [0.25, 0.3) is 0 Å². The van der Waals surface area contributed by atoms with E-state index in [9.17, 15) is 4.79 Å². The maximum Gasteiger partial charge on any atom is 0.407 e. The van der Waals surface area contributed by atoms with Gasteiger partial charge in [-0.25, -0.2) is 4.79 Å². The Morgan fingerprint density at radius 2 is 1.93 bits per heavy atom. The predicted octanol–water partition coefficient (Wildman–Crippen LogP) is 1.28. The average molecular weight is 221 g/mol. The van der Waals surface area contributed by atoms with Gasteiger partial charge in [0.25, 0.3) is 0 Å². The smallest absolute Gasteiger partial charge is 0.407 e. The first-order chi connectivity index (χ1) is 6.49. The van der Waals surface area contributed by atoms with Gasteiger partial charge >= 0.3 is 14.7 Å². The lowest BCUT2D eigenvalue weighted by Gasteiger charge is -2.28. The first-order valence-corrected chi connectivity index (χ1v) is 7.09. The minimum atomic E-state index is -2.32. The molecule has 0 radical (unpaired) electrons. The Kier molecular flexibility index (Phi) is 5.74. The van der Waals surface area contributed by atoms with Gasteiger partial charge < -0.3 is 18.9 Å². The summed E-state index contributed by atoms with van der Waals surface area (Å²) in [6.45, 7) is 4.30. The molecule has 6 heteroatoms.